The van der Waals surface area contributed by atoms with Crippen molar-refractivity contribution in [3.63, 3.8) is 0 Å². The highest BCUT2D eigenvalue weighted by molar-refractivity contribution is 4.79. The maximum Gasteiger partial charge on any atom is 0.0724 e. The fourth-order valence-corrected chi connectivity index (χ4v) is 3.52. The average molecular weight is 268 g/mol. The zero-order valence-electron chi connectivity index (χ0n) is 12.9. The zero-order chi connectivity index (χ0) is 13.5. The number of methoxy groups -OCH3 is 1. The molecule has 0 radical (unpaired) electrons. The van der Waals surface area contributed by atoms with Gasteiger partial charge in [0.25, 0.3) is 0 Å². The highest BCUT2D eigenvalue weighted by Gasteiger charge is 2.25. The SMILES string of the molecule is COC1CN(CCNC2CCCCCC2)CCC1C. The second-order valence-electron chi connectivity index (χ2n) is 6.48. The second kappa shape index (κ2) is 8.23. The molecular weight excluding hydrogens is 236 g/mol. The minimum atomic E-state index is 0.437. The van der Waals surface area contributed by atoms with E-state index in [-0.39, 0.29) is 0 Å². The molecule has 19 heavy (non-hydrogen) atoms. The fraction of sp³-hybridized carbons (Fsp3) is 1.00. The van der Waals surface area contributed by atoms with E-state index in [0.29, 0.717) is 6.10 Å². The molecule has 1 N–H and O–H groups in total. The predicted molar refractivity (Wildman–Crippen MR) is 80.5 cm³/mol. The van der Waals surface area contributed by atoms with Crippen LogP contribution in [0, 0.1) is 5.92 Å². The minimum absolute atomic E-state index is 0.437. The Labute approximate surface area is 119 Å². The van der Waals surface area contributed by atoms with Gasteiger partial charge in [-0.2, -0.15) is 0 Å². The Balaban J connectivity index is 1.62. The average Bonchev–Trinajstić information content (AvgIpc) is 2.69. The molecule has 0 amide bonds. The van der Waals surface area contributed by atoms with Crippen LogP contribution in [0.2, 0.25) is 0 Å². The maximum absolute atomic E-state index is 5.58. The minimum Gasteiger partial charge on any atom is -0.380 e. The summed E-state index contributed by atoms with van der Waals surface area (Å²) in [5.74, 6) is 0.719. The summed E-state index contributed by atoms with van der Waals surface area (Å²) in [7, 11) is 1.86. The van der Waals surface area contributed by atoms with Gasteiger partial charge in [0.15, 0.2) is 0 Å². The van der Waals surface area contributed by atoms with Gasteiger partial charge in [-0.25, -0.2) is 0 Å². The number of hydrogen-bond acceptors (Lipinski definition) is 3. The van der Waals surface area contributed by atoms with Gasteiger partial charge in [-0.3, -0.25) is 4.90 Å². The van der Waals surface area contributed by atoms with Crippen molar-refractivity contribution >= 4 is 0 Å². The van der Waals surface area contributed by atoms with Crippen molar-refractivity contribution in [3.8, 4) is 0 Å². The lowest BCUT2D eigenvalue weighted by Gasteiger charge is -2.36. The van der Waals surface area contributed by atoms with Crippen LogP contribution in [0.25, 0.3) is 0 Å². The van der Waals surface area contributed by atoms with E-state index in [1.54, 1.807) is 0 Å². The van der Waals surface area contributed by atoms with E-state index in [2.05, 4.69) is 17.1 Å². The van der Waals surface area contributed by atoms with Gasteiger partial charge >= 0.3 is 0 Å². The van der Waals surface area contributed by atoms with Crippen LogP contribution in [0.5, 0.6) is 0 Å². The monoisotopic (exact) mass is 268 g/mol. The van der Waals surface area contributed by atoms with Gasteiger partial charge in [0.05, 0.1) is 6.10 Å². The summed E-state index contributed by atoms with van der Waals surface area (Å²) in [6.45, 7) is 7.01. The molecule has 1 saturated carbocycles. The van der Waals surface area contributed by atoms with Crippen molar-refractivity contribution in [1.82, 2.24) is 10.2 Å². The van der Waals surface area contributed by atoms with Crippen LogP contribution >= 0.6 is 0 Å². The number of rotatable bonds is 5. The number of nitrogens with zero attached hydrogens (tertiary/aromatic N) is 1. The second-order valence-corrected chi connectivity index (χ2v) is 6.48. The van der Waals surface area contributed by atoms with Crippen molar-refractivity contribution < 1.29 is 4.74 Å². The molecule has 0 aromatic rings. The maximum atomic E-state index is 5.58. The van der Waals surface area contributed by atoms with E-state index in [9.17, 15) is 0 Å². The largest absolute Gasteiger partial charge is 0.380 e. The summed E-state index contributed by atoms with van der Waals surface area (Å²) in [6, 6.07) is 0.782. The van der Waals surface area contributed by atoms with Crippen molar-refractivity contribution in [3.05, 3.63) is 0 Å². The van der Waals surface area contributed by atoms with Crippen molar-refractivity contribution in [1.29, 1.82) is 0 Å². The van der Waals surface area contributed by atoms with Crippen LogP contribution in [0.15, 0.2) is 0 Å². The zero-order valence-corrected chi connectivity index (χ0v) is 12.9. The highest BCUT2D eigenvalue weighted by atomic mass is 16.5. The molecule has 112 valence electrons. The van der Waals surface area contributed by atoms with Gasteiger partial charge < -0.3 is 10.1 Å². The molecule has 0 aromatic carbocycles. The Morgan fingerprint density at radius 3 is 2.53 bits per heavy atom. The molecule has 2 fully saturated rings. The van der Waals surface area contributed by atoms with Crippen molar-refractivity contribution in [2.75, 3.05) is 33.3 Å². The first kappa shape index (κ1) is 15.3. The summed E-state index contributed by atoms with van der Waals surface area (Å²) in [6.07, 6.45) is 10.2. The molecule has 2 rings (SSSR count). The summed E-state index contributed by atoms with van der Waals surface area (Å²) < 4.78 is 5.58. The standard InChI is InChI=1S/C16H32N2O/c1-14-9-11-18(13-16(14)19-2)12-10-17-15-7-5-3-4-6-8-15/h14-17H,3-13H2,1-2H3. The first-order valence-electron chi connectivity index (χ1n) is 8.28. The Hall–Kier alpha value is -0.120. The lowest BCUT2D eigenvalue weighted by atomic mass is 9.96. The van der Waals surface area contributed by atoms with Crippen molar-refractivity contribution in [2.45, 2.75) is 64.0 Å². The molecule has 1 saturated heterocycles. The van der Waals surface area contributed by atoms with Gasteiger partial charge in [-0.05, 0) is 31.7 Å². The molecule has 1 aliphatic carbocycles. The van der Waals surface area contributed by atoms with Crippen LogP contribution in [0.4, 0.5) is 0 Å². The van der Waals surface area contributed by atoms with Crippen molar-refractivity contribution in [2.24, 2.45) is 5.92 Å². The van der Waals surface area contributed by atoms with Crippen LogP contribution < -0.4 is 5.32 Å². The third-order valence-electron chi connectivity index (χ3n) is 4.99. The van der Waals surface area contributed by atoms with E-state index in [4.69, 9.17) is 4.74 Å². The van der Waals surface area contributed by atoms with E-state index in [1.165, 1.54) is 58.0 Å². The fourth-order valence-electron chi connectivity index (χ4n) is 3.52. The van der Waals surface area contributed by atoms with Crippen LogP contribution in [0.1, 0.15) is 51.9 Å². The number of ether oxygens (including phenoxy) is 1. The summed E-state index contributed by atoms with van der Waals surface area (Å²) >= 11 is 0. The Bertz CT molecular complexity index is 239. The number of nitrogens with one attached hydrogen (secondary N) is 1. The van der Waals surface area contributed by atoms with E-state index < -0.39 is 0 Å². The third kappa shape index (κ3) is 5.05. The molecule has 1 aliphatic heterocycles. The lowest BCUT2D eigenvalue weighted by Crippen LogP contribution is -2.46. The van der Waals surface area contributed by atoms with Gasteiger partial charge in [-0.15, -0.1) is 0 Å². The molecule has 2 aliphatic rings. The molecule has 0 spiro atoms. The number of hydrogen-bond donors (Lipinski definition) is 1. The molecule has 3 heteroatoms. The molecule has 0 bridgehead atoms. The normalized spacial score (nSPS) is 31.3. The van der Waals surface area contributed by atoms with Crippen LogP contribution in [-0.4, -0.2) is 50.3 Å². The van der Waals surface area contributed by atoms with Gasteiger partial charge in [0, 0.05) is 32.8 Å². The first-order valence-corrected chi connectivity index (χ1v) is 8.28. The quantitative estimate of drug-likeness (QED) is 0.776. The third-order valence-corrected chi connectivity index (χ3v) is 4.99. The lowest BCUT2D eigenvalue weighted by molar-refractivity contribution is -0.00460. The topological polar surface area (TPSA) is 24.5 Å². The summed E-state index contributed by atoms with van der Waals surface area (Å²) in [4.78, 5) is 2.57. The molecule has 0 aromatic heterocycles. The van der Waals surface area contributed by atoms with Crippen LogP contribution in [-0.2, 0) is 4.74 Å². The first-order chi connectivity index (χ1) is 9.29. The molecule has 3 nitrogen and oxygen atoms in total. The summed E-state index contributed by atoms with van der Waals surface area (Å²) in [5, 5.41) is 3.77. The van der Waals surface area contributed by atoms with E-state index in [0.717, 1.165) is 25.0 Å². The highest BCUT2D eigenvalue weighted by Crippen LogP contribution is 2.19. The number of likely N-dealkylation sites (tertiary alicyclic amines) is 1. The smallest absolute Gasteiger partial charge is 0.0724 e. The van der Waals surface area contributed by atoms with Crippen LogP contribution in [0.3, 0.4) is 0 Å². The van der Waals surface area contributed by atoms with Gasteiger partial charge in [0.2, 0.25) is 0 Å². The molecule has 2 unspecified atom stereocenters. The molecule has 1 heterocycles. The van der Waals surface area contributed by atoms with E-state index >= 15 is 0 Å². The predicted octanol–water partition coefficient (Wildman–Crippen LogP) is 2.66. The Morgan fingerprint density at radius 2 is 1.84 bits per heavy atom. The van der Waals surface area contributed by atoms with Gasteiger partial charge in [0.1, 0.15) is 0 Å². The number of piperidine rings is 1. The summed E-state index contributed by atoms with van der Waals surface area (Å²) in [5.41, 5.74) is 0. The van der Waals surface area contributed by atoms with Gasteiger partial charge in [-0.1, -0.05) is 32.6 Å². The Kier molecular flexibility index (Phi) is 6.62. The Morgan fingerprint density at radius 1 is 1.11 bits per heavy atom. The molecule has 2 atom stereocenters. The molecular formula is C16H32N2O. The van der Waals surface area contributed by atoms with E-state index in [1.807, 2.05) is 7.11 Å².